The van der Waals surface area contributed by atoms with Gasteiger partial charge in [-0.1, -0.05) is 0 Å². The quantitative estimate of drug-likeness (QED) is 0.0881. The highest BCUT2D eigenvalue weighted by Gasteiger charge is 2.51. The second kappa shape index (κ2) is 14.2. The molecule has 25 heteroatoms. The van der Waals surface area contributed by atoms with E-state index in [0.29, 0.717) is 55.4 Å². The van der Waals surface area contributed by atoms with E-state index in [4.69, 9.17) is 29.3 Å². The maximum Gasteiger partial charge on any atom is 0.418 e. The highest BCUT2D eigenvalue weighted by molar-refractivity contribution is 7.81. The monoisotopic (exact) mass is 716 g/mol. The lowest BCUT2D eigenvalue weighted by atomic mass is 10.0. The molecule has 0 aromatic carbocycles. The van der Waals surface area contributed by atoms with E-state index in [2.05, 4.69) is 24.8 Å². The molecule has 4 bridgehead atoms. The molecule has 5 saturated heterocycles. The van der Waals surface area contributed by atoms with Crippen LogP contribution in [0.25, 0.3) is 0 Å². The number of hydroxylamine groups is 6. The summed E-state index contributed by atoms with van der Waals surface area (Å²) < 4.78 is 74.6. The fraction of sp³-hybridized carbons (Fsp3) is 0.818. The van der Waals surface area contributed by atoms with Gasteiger partial charge in [0.1, 0.15) is 24.8 Å². The summed E-state index contributed by atoms with van der Waals surface area (Å²) in [6, 6.07) is -4.33. The number of ether oxygens (including phenoxy) is 1. The molecule has 0 aromatic rings. The Morgan fingerprint density at radius 3 is 1.85 bits per heavy atom. The Labute approximate surface area is 268 Å². The fourth-order valence-corrected chi connectivity index (χ4v) is 6.51. The van der Waals surface area contributed by atoms with Crippen LogP contribution in [0.4, 0.5) is 9.59 Å². The molecule has 23 nitrogen and oxygen atoms in total. The lowest BCUT2D eigenvalue weighted by molar-refractivity contribution is -0.143. The van der Waals surface area contributed by atoms with E-state index in [-0.39, 0.29) is 37.9 Å². The molecule has 5 heterocycles. The van der Waals surface area contributed by atoms with Crippen LogP contribution in [-0.2, 0) is 53.4 Å². The van der Waals surface area contributed by atoms with Crippen LogP contribution in [0.5, 0.6) is 0 Å². The van der Waals surface area contributed by atoms with Crippen LogP contribution in [0.15, 0.2) is 0 Å². The first-order valence-corrected chi connectivity index (χ1v) is 17.3. The average molecular weight is 717 g/mol. The zero-order valence-corrected chi connectivity index (χ0v) is 26.3. The van der Waals surface area contributed by atoms with Crippen molar-refractivity contribution in [3.63, 3.8) is 0 Å². The van der Waals surface area contributed by atoms with Crippen LogP contribution in [0.2, 0.25) is 0 Å². The highest BCUT2D eigenvalue weighted by Crippen LogP contribution is 2.32. The number of hydrogen-bond acceptors (Lipinski definition) is 15. The number of hydrogen-bond donors (Lipinski definition) is 6. The molecule has 0 aromatic heterocycles. The SMILES string of the molecule is NC1CC1ONC(=O)[C@@H]1CC[C@@H]2CN1C(=O)N2OS(=O)(=O)O.O=C(NOCC1CNCCO1)[C@@H]1CC[C@@H]2CN1C(=O)N2OS(=O)(=O)O. The van der Waals surface area contributed by atoms with E-state index in [0.717, 1.165) is 6.54 Å². The first-order chi connectivity index (χ1) is 22.1. The van der Waals surface area contributed by atoms with Crippen molar-refractivity contribution in [2.75, 3.05) is 39.4 Å². The molecule has 7 N–H and O–H groups in total. The first-order valence-electron chi connectivity index (χ1n) is 14.6. The number of carbonyl (C=O) groups excluding carboxylic acids is 4. The van der Waals surface area contributed by atoms with Crippen LogP contribution in [0, 0.1) is 0 Å². The van der Waals surface area contributed by atoms with Crippen molar-refractivity contribution in [2.24, 2.45) is 5.73 Å². The van der Waals surface area contributed by atoms with Crippen molar-refractivity contribution in [3.8, 4) is 0 Å². The molecule has 6 rings (SSSR count). The molecule has 1 aliphatic carbocycles. The predicted molar refractivity (Wildman–Crippen MR) is 149 cm³/mol. The second-order valence-electron chi connectivity index (χ2n) is 11.5. The Balaban J connectivity index is 0.000000186. The number of urea groups is 2. The van der Waals surface area contributed by atoms with Gasteiger partial charge in [-0.3, -0.25) is 28.4 Å². The van der Waals surface area contributed by atoms with Gasteiger partial charge in [0.2, 0.25) is 0 Å². The van der Waals surface area contributed by atoms with E-state index in [1.165, 1.54) is 9.80 Å². The van der Waals surface area contributed by atoms with Crippen LogP contribution in [-0.4, -0.2) is 152 Å². The van der Waals surface area contributed by atoms with E-state index in [1.807, 2.05) is 0 Å². The van der Waals surface area contributed by atoms with Gasteiger partial charge in [-0.2, -0.15) is 27.0 Å². The Morgan fingerprint density at radius 1 is 0.894 bits per heavy atom. The van der Waals surface area contributed by atoms with Crippen molar-refractivity contribution in [1.82, 2.24) is 36.2 Å². The number of nitrogens with two attached hydrogens (primary N) is 1. The lowest BCUT2D eigenvalue weighted by Crippen LogP contribution is -2.50. The summed E-state index contributed by atoms with van der Waals surface area (Å²) in [7, 11) is -9.61. The Bertz CT molecular complexity index is 1430. The molecule has 0 radical (unpaired) electrons. The van der Waals surface area contributed by atoms with Crippen molar-refractivity contribution < 1.29 is 68.1 Å². The average Bonchev–Trinajstić information content (AvgIpc) is 3.62. The zero-order valence-electron chi connectivity index (χ0n) is 24.7. The smallest absolute Gasteiger partial charge is 0.373 e. The lowest BCUT2D eigenvalue weighted by Gasteiger charge is -2.29. The van der Waals surface area contributed by atoms with Gasteiger partial charge in [0, 0.05) is 32.2 Å². The van der Waals surface area contributed by atoms with Crippen molar-refractivity contribution >= 4 is 44.7 Å². The molecule has 1 saturated carbocycles. The summed E-state index contributed by atoms with van der Waals surface area (Å²) >= 11 is 0. The van der Waals surface area contributed by atoms with Gasteiger partial charge in [0.25, 0.3) is 11.8 Å². The van der Waals surface area contributed by atoms with E-state index >= 15 is 0 Å². The van der Waals surface area contributed by atoms with Crippen LogP contribution in [0.3, 0.4) is 0 Å². The van der Waals surface area contributed by atoms with Gasteiger partial charge in [-0.15, -0.1) is 8.57 Å². The minimum atomic E-state index is -4.81. The number of nitrogens with one attached hydrogen (secondary N) is 3. The van der Waals surface area contributed by atoms with Crippen molar-refractivity contribution in [1.29, 1.82) is 0 Å². The Kier molecular flexibility index (Phi) is 10.7. The molecule has 0 spiro atoms. The summed E-state index contributed by atoms with van der Waals surface area (Å²) in [5, 5.41) is 4.30. The molecule has 7 atom stereocenters. The van der Waals surface area contributed by atoms with Gasteiger partial charge in [-0.25, -0.2) is 20.5 Å². The summed E-state index contributed by atoms with van der Waals surface area (Å²) in [6.07, 6.45) is 1.63. The molecule has 5 aliphatic heterocycles. The molecular weight excluding hydrogens is 680 g/mol. The largest absolute Gasteiger partial charge is 0.418 e. The molecular formula is C22H36N8O15S2. The summed E-state index contributed by atoms with van der Waals surface area (Å²) in [6.45, 7) is 2.38. The molecule has 47 heavy (non-hydrogen) atoms. The number of nitrogens with zero attached hydrogens (tertiary/aromatic N) is 4. The Morgan fingerprint density at radius 2 is 1.40 bits per heavy atom. The number of piperidine rings is 2. The van der Waals surface area contributed by atoms with Crippen LogP contribution >= 0.6 is 0 Å². The fourth-order valence-electron chi connectivity index (χ4n) is 5.74. The zero-order chi connectivity index (χ0) is 34.1. The minimum absolute atomic E-state index is 0.0943. The van der Waals surface area contributed by atoms with Gasteiger partial charge >= 0.3 is 32.9 Å². The van der Waals surface area contributed by atoms with Crippen LogP contribution < -0.4 is 22.0 Å². The van der Waals surface area contributed by atoms with Gasteiger partial charge in [-0.05, 0) is 32.1 Å². The van der Waals surface area contributed by atoms with Crippen molar-refractivity contribution in [3.05, 3.63) is 0 Å². The number of carbonyl (C=O) groups is 4. The molecule has 6 amide bonds. The third-order valence-corrected chi connectivity index (χ3v) is 8.83. The molecule has 6 fully saturated rings. The van der Waals surface area contributed by atoms with Gasteiger partial charge in [0.15, 0.2) is 0 Å². The third kappa shape index (κ3) is 8.93. The van der Waals surface area contributed by atoms with E-state index in [1.54, 1.807) is 0 Å². The maximum atomic E-state index is 12.3. The highest BCUT2D eigenvalue weighted by atomic mass is 32.3. The molecule has 266 valence electrons. The number of fused-ring (bicyclic) bond motifs is 4. The van der Waals surface area contributed by atoms with Gasteiger partial charge < -0.3 is 25.6 Å². The summed E-state index contributed by atoms with van der Waals surface area (Å²) in [4.78, 5) is 61.2. The van der Waals surface area contributed by atoms with E-state index in [9.17, 15) is 36.0 Å². The summed E-state index contributed by atoms with van der Waals surface area (Å²) in [5.41, 5.74) is 10.1. The minimum Gasteiger partial charge on any atom is -0.373 e. The predicted octanol–water partition coefficient (Wildman–Crippen LogP) is -3.84. The number of amides is 6. The van der Waals surface area contributed by atoms with Gasteiger partial charge in [0.05, 0.1) is 24.8 Å². The topological polar surface area (TPSA) is 298 Å². The number of morpholine rings is 1. The van der Waals surface area contributed by atoms with Crippen molar-refractivity contribution in [2.45, 2.75) is 74.5 Å². The summed E-state index contributed by atoms with van der Waals surface area (Å²) in [5.74, 6) is -1.01. The Hall–Kier alpha value is -2.98. The first kappa shape index (κ1) is 35.3. The maximum absolute atomic E-state index is 12.3. The van der Waals surface area contributed by atoms with E-state index < -0.39 is 68.8 Å². The second-order valence-corrected chi connectivity index (χ2v) is 13.5. The normalized spacial score (nSPS) is 31.8. The van der Waals surface area contributed by atoms with Crippen LogP contribution in [0.1, 0.15) is 32.1 Å². The standard InChI is InChI=1S/C12H20N4O8S.C10H16N4O7S/c17-11(14-23-7-9-5-13-3-4-22-9)10-2-1-8-6-15(10)12(18)16(8)24-25(19,20)21;11-6-3-8(6)20-12-9(15)7-2-1-5-4-13(7)10(16)14(5)21-22(17,18)19/h8-10,13H,1-7H2,(H,14,17)(H,19,20,21);5-8H,1-4,11H2,(H,12,15)(H,17,18,19)/t8-,9?,10+;5-,6?,7+,8?/m11/s1. The number of rotatable bonds is 11. The molecule has 3 unspecified atom stereocenters. The molecule has 6 aliphatic rings. The third-order valence-electron chi connectivity index (χ3n) is 8.14.